The first kappa shape index (κ1) is 17.6. The van der Waals surface area contributed by atoms with Gasteiger partial charge in [0.25, 0.3) is 5.91 Å². The van der Waals surface area contributed by atoms with Crippen LogP contribution in [0.2, 0.25) is 5.02 Å². The largest absolute Gasteiger partial charge is 0.492 e. The molecule has 0 saturated carbocycles. The predicted octanol–water partition coefficient (Wildman–Crippen LogP) is 3.61. The number of hydrogen-bond acceptors (Lipinski definition) is 3. The SMILES string of the molecule is CCCC1(CCC)NC(=O)N(CCOc2ccc(Cl)cc2)C1=O. The summed E-state index contributed by atoms with van der Waals surface area (Å²) in [5.74, 6) is 0.528. The molecule has 6 heteroatoms. The topological polar surface area (TPSA) is 58.6 Å². The molecule has 0 aliphatic carbocycles. The number of carbonyl (C=O) groups is 2. The van der Waals surface area contributed by atoms with Crippen molar-refractivity contribution in [3.8, 4) is 5.75 Å². The lowest BCUT2D eigenvalue weighted by molar-refractivity contribution is -0.132. The van der Waals surface area contributed by atoms with Gasteiger partial charge in [-0.3, -0.25) is 9.69 Å². The molecule has 1 N–H and O–H groups in total. The van der Waals surface area contributed by atoms with Gasteiger partial charge in [-0.1, -0.05) is 38.3 Å². The smallest absolute Gasteiger partial charge is 0.325 e. The molecule has 2 rings (SSSR count). The van der Waals surface area contributed by atoms with Crippen LogP contribution in [0, 0.1) is 0 Å². The number of urea groups is 1. The van der Waals surface area contributed by atoms with Gasteiger partial charge in [0.2, 0.25) is 0 Å². The lowest BCUT2D eigenvalue weighted by Gasteiger charge is -2.25. The van der Waals surface area contributed by atoms with E-state index in [1.165, 1.54) is 4.90 Å². The van der Waals surface area contributed by atoms with Crippen LogP contribution >= 0.6 is 11.6 Å². The minimum Gasteiger partial charge on any atom is -0.492 e. The number of hydrogen-bond donors (Lipinski definition) is 1. The standard InChI is InChI=1S/C17H23ClN2O3/c1-3-9-17(10-4-2)15(21)20(16(22)19-17)11-12-23-14-7-5-13(18)6-8-14/h5-8H,3-4,9-12H2,1-2H3,(H,19,22). The molecule has 0 aromatic heterocycles. The Bertz CT molecular complexity index is 553. The lowest BCUT2D eigenvalue weighted by atomic mass is 9.88. The summed E-state index contributed by atoms with van der Waals surface area (Å²) in [7, 11) is 0. The van der Waals surface area contributed by atoms with Crippen LogP contribution in [0.4, 0.5) is 4.79 Å². The van der Waals surface area contributed by atoms with Gasteiger partial charge in [0.15, 0.2) is 0 Å². The molecule has 0 bridgehead atoms. The van der Waals surface area contributed by atoms with Crippen molar-refractivity contribution >= 4 is 23.5 Å². The van der Waals surface area contributed by atoms with Crippen LogP contribution in [-0.2, 0) is 4.79 Å². The Kier molecular flexibility index (Phi) is 5.88. The maximum Gasteiger partial charge on any atom is 0.325 e. The predicted molar refractivity (Wildman–Crippen MR) is 89.7 cm³/mol. The number of benzene rings is 1. The van der Waals surface area contributed by atoms with Crippen molar-refractivity contribution < 1.29 is 14.3 Å². The highest BCUT2D eigenvalue weighted by Crippen LogP contribution is 2.28. The highest BCUT2D eigenvalue weighted by Gasteiger charge is 2.49. The van der Waals surface area contributed by atoms with Crippen LogP contribution in [0.3, 0.4) is 0 Å². The number of nitrogens with one attached hydrogen (secondary N) is 1. The van der Waals surface area contributed by atoms with Crippen LogP contribution in [-0.4, -0.2) is 35.5 Å². The van der Waals surface area contributed by atoms with Gasteiger partial charge in [0, 0.05) is 5.02 Å². The molecule has 1 aromatic carbocycles. The summed E-state index contributed by atoms with van der Waals surface area (Å²) < 4.78 is 5.58. The molecule has 3 amide bonds. The summed E-state index contributed by atoms with van der Waals surface area (Å²) >= 11 is 5.82. The molecule has 1 aliphatic heterocycles. The van der Waals surface area contributed by atoms with Crippen LogP contribution < -0.4 is 10.1 Å². The zero-order valence-electron chi connectivity index (χ0n) is 13.6. The van der Waals surface area contributed by atoms with E-state index in [1.54, 1.807) is 24.3 Å². The van der Waals surface area contributed by atoms with Crippen molar-refractivity contribution in [3.05, 3.63) is 29.3 Å². The summed E-state index contributed by atoms with van der Waals surface area (Å²) in [6.45, 7) is 4.53. The molecule has 0 unspecified atom stereocenters. The van der Waals surface area contributed by atoms with E-state index in [2.05, 4.69) is 5.32 Å². The third-order valence-corrected chi connectivity index (χ3v) is 4.25. The van der Waals surface area contributed by atoms with E-state index >= 15 is 0 Å². The fourth-order valence-electron chi connectivity index (χ4n) is 2.98. The van der Waals surface area contributed by atoms with Crippen LogP contribution in [0.25, 0.3) is 0 Å². The van der Waals surface area contributed by atoms with Crippen LogP contribution in [0.15, 0.2) is 24.3 Å². The Balaban J connectivity index is 1.95. The van der Waals surface area contributed by atoms with Crippen molar-refractivity contribution in [2.75, 3.05) is 13.2 Å². The zero-order chi connectivity index (χ0) is 16.9. The van der Waals surface area contributed by atoms with Crippen molar-refractivity contribution in [1.82, 2.24) is 10.2 Å². The number of rotatable bonds is 8. The third kappa shape index (κ3) is 3.96. The molecular weight excluding hydrogens is 316 g/mol. The molecule has 126 valence electrons. The molecule has 23 heavy (non-hydrogen) atoms. The van der Waals surface area contributed by atoms with Crippen LogP contribution in [0.5, 0.6) is 5.75 Å². The van der Waals surface area contributed by atoms with Gasteiger partial charge >= 0.3 is 6.03 Å². The van der Waals surface area contributed by atoms with Gasteiger partial charge in [-0.05, 0) is 37.1 Å². The lowest BCUT2D eigenvalue weighted by Crippen LogP contribution is -2.47. The van der Waals surface area contributed by atoms with Crippen LogP contribution in [0.1, 0.15) is 39.5 Å². The summed E-state index contributed by atoms with van der Waals surface area (Å²) in [4.78, 5) is 26.1. The number of amides is 3. The fourth-order valence-corrected chi connectivity index (χ4v) is 3.11. The molecule has 1 heterocycles. The number of ether oxygens (including phenoxy) is 1. The van der Waals surface area contributed by atoms with Crippen molar-refractivity contribution in [1.29, 1.82) is 0 Å². The molecule has 5 nitrogen and oxygen atoms in total. The van der Waals surface area contributed by atoms with E-state index in [0.717, 1.165) is 12.8 Å². The number of carbonyl (C=O) groups excluding carboxylic acids is 2. The quantitative estimate of drug-likeness (QED) is 0.737. The normalized spacial score (nSPS) is 16.6. The Morgan fingerprint density at radius 3 is 2.30 bits per heavy atom. The maximum absolute atomic E-state index is 12.7. The first-order chi connectivity index (χ1) is 11.0. The van der Waals surface area contributed by atoms with E-state index in [1.807, 2.05) is 13.8 Å². The van der Waals surface area contributed by atoms with E-state index in [-0.39, 0.29) is 25.1 Å². The van der Waals surface area contributed by atoms with Gasteiger partial charge in [0.05, 0.1) is 6.54 Å². The van der Waals surface area contributed by atoms with Gasteiger partial charge in [-0.2, -0.15) is 0 Å². The second-order valence-electron chi connectivity index (χ2n) is 5.77. The van der Waals surface area contributed by atoms with E-state index < -0.39 is 5.54 Å². The Morgan fingerprint density at radius 1 is 1.13 bits per heavy atom. The Morgan fingerprint density at radius 2 is 1.74 bits per heavy atom. The minimum absolute atomic E-state index is 0.133. The third-order valence-electron chi connectivity index (χ3n) is 4.00. The van der Waals surface area contributed by atoms with E-state index in [9.17, 15) is 9.59 Å². The number of nitrogens with zero attached hydrogens (tertiary/aromatic N) is 1. The van der Waals surface area contributed by atoms with Gasteiger partial charge in [0.1, 0.15) is 17.9 Å². The van der Waals surface area contributed by atoms with Crippen molar-refractivity contribution in [2.24, 2.45) is 0 Å². The molecule has 1 aliphatic rings. The Hall–Kier alpha value is -1.75. The molecule has 0 spiro atoms. The van der Waals surface area contributed by atoms with Crippen molar-refractivity contribution in [3.63, 3.8) is 0 Å². The van der Waals surface area contributed by atoms with Gasteiger partial charge in [-0.25, -0.2) is 4.79 Å². The highest BCUT2D eigenvalue weighted by molar-refractivity contribution is 6.30. The van der Waals surface area contributed by atoms with Gasteiger partial charge < -0.3 is 10.1 Å². The second-order valence-corrected chi connectivity index (χ2v) is 6.21. The number of imide groups is 1. The molecule has 1 aromatic rings. The van der Waals surface area contributed by atoms with Gasteiger partial charge in [-0.15, -0.1) is 0 Å². The average Bonchev–Trinajstić information content (AvgIpc) is 2.74. The molecular formula is C17H23ClN2O3. The summed E-state index contributed by atoms with van der Waals surface area (Å²) in [5, 5.41) is 3.52. The van der Waals surface area contributed by atoms with E-state index in [4.69, 9.17) is 16.3 Å². The first-order valence-corrected chi connectivity index (χ1v) is 8.42. The van der Waals surface area contributed by atoms with E-state index in [0.29, 0.717) is 23.6 Å². The monoisotopic (exact) mass is 338 g/mol. The number of halogens is 1. The first-order valence-electron chi connectivity index (χ1n) is 8.05. The second kappa shape index (κ2) is 7.68. The van der Waals surface area contributed by atoms with Crippen molar-refractivity contribution in [2.45, 2.75) is 45.1 Å². The molecule has 0 atom stereocenters. The molecule has 1 fully saturated rings. The highest BCUT2D eigenvalue weighted by atomic mass is 35.5. The Labute approximate surface area is 141 Å². The fraction of sp³-hybridized carbons (Fsp3) is 0.529. The summed E-state index contributed by atoms with van der Waals surface area (Å²) in [5.41, 5.74) is -0.735. The zero-order valence-corrected chi connectivity index (χ0v) is 14.4. The average molecular weight is 339 g/mol. The molecule has 1 saturated heterocycles. The summed E-state index contributed by atoms with van der Waals surface area (Å²) in [6, 6.07) is 6.66. The minimum atomic E-state index is -0.735. The summed E-state index contributed by atoms with van der Waals surface area (Å²) in [6.07, 6.45) is 3.03. The molecule has 0 radical (unpaired) electrons. The maximum atomic E-state index is 12.7.